The number of ether oxygens (including phenoxy) is 1. The Bertz CT molecular complexity index is 278. The van der Waals surface area contributed by atoms with Crippen molar-refractivity contribution in [3.05, 3.63) is 24.0 Å². The molecule has 1 aromatic heterocycles. The van der Waals surface area contributed by atoms with Gasteiger partial charge in [-0.1, -0.05) is 0 Å². The van der Waals surface area contributed by atoms with Gasteiger partial charge in [0.2, 0.25) is 0 Å². The van der Waals surface area contributed by atoms with Crippen molar-refractivity contribution in [1.82, 2.24) is 4.57 Å². The van der Waals surface area contributed by atoms with E-state index < -0.39 is 0 Å². The summed E-state index contributed by atoms with van der Waals surface area (Å²) in [4.78, 5) is 0. The Kier molecular flexibility index (Phi) is 2.38. The quantitative estimate of drug-likeness (QED) is 0.762. The molecule has 1 aromatic rings. The molecule has 2 N–H and O–H groups in total. The van der Waals surface area contributed by atoms with E-state index in [0.29, 0.717) is 6.73 Å². The molecule has 0 aliphatic heterocycles. The summed E-state index contributed by atoms with van der Waals surface area (Å²) in [7, 11) is 1.69. The van der Waals surface area contributed by atoms with Crippen LogP contribution in [0.2, 0.25) is 0 Å². The molecule has 1 aliphatic rings. The van der Waals surface area contributed by atoms with E-state index in [1.54, 1.807) is 7.11 Å². The van der Waals surface area contributed by atoms with Gasteiger partial charge in [0.05, 0.1) is 0 Å². The highest BCUT2D eigenvalue weighted by molar-refractivity contribution is 5.17. The minimum atomic E-state index is 0.234. The summed E-state index contributed by atoms with van der Waals surface area (Å²) < 4.78 is 7.03. The van der Waals surface area contributed by atoms with Gasteiger partial charge in [-0.05, 0) is 30.4 Å². The van der Waals surface area contributed by atoms with Crippen LogP contribution in [0.3, 0.4) is 0 Å². The van der Waals surface area contributed by atoms with Crippen molar-refractivity contribution in [1.29, 1.82) is 0 Å². The molecule has 3 heteroatoms. The molecule has 1 aliphatic carbocycles. The molecule has 0 bridgehead atoms. The first-order chi connectivity index (χ1) is 6.31. The van der Waals surface area contributed by atoms with Gasteiger partial charge in [-0.15, -0.1) is 0 Å². The van der Waals surface area contributed by atoms with Crippen molar-refractivity contribution in [3.63, 3.8) is 0 Å². The second-order valence-electron chi connectivity index (χ2n) is 3.74. The summed E-state index contributed by atoms with van der Waals surface area (Å²) >= 11 is 0. The fourth-order valence-electron chi connectivity index (χ4n) is 1.61. The predicted molar refractivity (Wildman–Crippen MR) is 51.1 cm³/mol. The van der Waals surface area contributed by atoms with E-state index in [9.17, 15) is 0 Å². The lowest BCUT2D eigenvalue weighted by Crippen LogP contribution is -2.11. The second-order valence-corrected chi connectivity index (χ2v) is 3.74. The molecule has 13 heavy (non-hydrogen) atoms. The molecule has 1 fully saturated rings. The van der Waals surface area contributed by atoms with Gasteiger partial charge in [-0.25, -0.2) is 0 Å². The number of nitrogens with two attached hydrogens (primary N) is 1. The molecule has 1 heterocycles. The molecule has 72 valence electrons. The molecule has 1 unspecified atom stereocenters. The first-order valence-corrected chi connectivity index (χ1v) is 4.71. The lowest BCUT2D eigenvalue weighted by Gasteiger charge is -2.06. The van der Waals surface area contributed by atoms with Gasteiger partial charge in [0.1, 0.15) is 6.73 Å². The molecular formula is C10H16N2O. The van der Waals surface area contributed by atoms with Crippen molar-refractivity contribution in [2.75, 3.05) is 7.11 Å². The summed E-state index contributed by atoms with van der Waals surface area (Å²) in [6.45, 7) is 0.609. The maximum atomic E-state index is 6.06. The third-order valence-electron chi connectivity index (χ3n) is 2.57. The van der Waals surface area contributed by atoms with Crippen molar-refractivity contribution >= 4 is 0 Å². The third-order valence-corrected chi connectivity index (χ3v) is 2.57. The topological polar surface area (TPSA) is 40.2 Å². The zero-order valence-corrected chi connectivity index (χ0v) is 7.94. The highest BCUT2D eigenvalue weighted by Crippen LogP contribution is 2.39. The fraction of sp³-hybridized carbons (Fsp3) is 0.600. The van der Waals surface area contributed by atoms with Crippen molar-refractivity contribution in [2.24, 2.45) is 11.7 Å². The number of hydrogen-bond acceptors (Lipinski definition) is 2. The van der Waals surface area contributed by atoms with E-state index in [0.717, 1.165) is 5.92 Å². The molecule has 1 atom stereocenters. The molecule has 1 saturated carbocycles. The maximum Gasteiger partial charge on any atom is 0.121 e. The van der Waals surface area contributed by atoms with E-state index in [2.05, 4.69) is 12.3 Å². The largest absolute Gasteiger partial charge is 0.364 e. The van der Waals surface area contributed by atoms with Gasteiger partial charge in [0.25, 0.3) is 0 Å². The Balaban J connectivity index is 2.03. The molecule has 0 radical (unpaired) electrons. The van der Waals surface area contributed by atoms with Crippen LogP contribution in [-0.2, 0) is 11.5 Å². The Morgan fingerprint density at radius 2 is 2.46 bits per heavy atom. The van der Waals surface area contributed by atoms with E-state index in [1.807, 2.05) is 10.8 Å². The Labute approximate surface area is 78.5 Å². The van der Waals surface area contributed by atoms with Crippen LogP contribution in [0.5, 0.6) is 0 Å². The molecule has 0 saturated heterocycles. The average Bonchev–Trinajstić information content (AvgIpc) is 2.87. The summed E-state index contributed by atoms with van der Waals surface area (Å²) in [6, 6.07) is 2.32. The SMILES string of the molecule is COCn1ccc(C(N)C2CC2)c1. The molecule has 0 aromatic carbocycles. The van der Waals surface area contributed by atoms with Crippen LogP contribution in [0.1, 0.15) is 24.4 Å². The lowest BCUT2D eigenvalue weighted by molar-refractivity contribution is 0.131. The van der Waals surface area contributed by atoms with Gasteiger partial charge >= 0.3 is 0 Å². The lowest BCUT2D eigenvalue weighted by atomic mass is 10.1. The number of rotatable bonds is 4. The van der Waals surface area contributed by atoms with E-state index in [-0.39, 0.29) is 6.04 Å². The minimum absolute atomic E-state index is 0.234. The first-order valence-electron chi connectivity index (χ1n) is 4.71. The predicted octanol–water partition coefficient (Wildman–Crippen LogP) is 1.50. The average molecular weight is 180 g/mol. The highest BCUT2D eigenvalue weighted by atomic mass is 16.5. The zero-order chi connectivity index (χ0) is 9.26. The monoisotopic (exact) mass is 180 g/mol. The number of aromatic nitrogens is 1. The zero-order valence-electron chi connectivity index (χ0n) is 7.94. The maximum absolute atomic E-state index is 6.06. The van der Waals surface area contributed by atoms with Crippen LogP contribution in [0, 0.1) is 5.92 Å². The standard InChI is InChI=1S/C10H16N2O/c1-13-7-12-5-4-9(6-12)10(11)8-2-3-8/h4-6,8,10H,2-3,7,11H2,1H3. The van der Waals surface area contributed by atoms with Crippen LogP contribution in [0.25, 0.3) is 0 Å². The first kappa shape index (κ1) is 8.78. The minimum Gasteiger partial charge on any atom is -0.364 e. The van der Waals surface area contributed by atoms with Crippen LogP contribution < -0.4 is 5.73 Å². The van der Waals surface area contributed by atoms with Crippen LogP contribution in [0.4, 0.5) is 0 Å². The van der Waals surface area contributed by atoms with Gasteiger partial charge in [0, 0.05) is 25.5 Å². The van der Waals surface area contributed by atoms with Gasteiger partial charge < -0.3 is 15.0 Å². The smallest absolute Gasteiger partial charge is 0.121 e. The summed E-state index contributed by atoms with van der Waals surface area (Å²) in [6.07, 6.45) is 6.67. The van der Waals surface area contributed by atoms with Crippen molar-refractivity contribution < 1.29 is 4.74 Å². The van der Waals surface area contributed by atoms with Crippen LogP contribution in [-0.4, -0.2) is 11.7 Å². The van der Waals surface area contributed by atoms with Gasteiger partial charge in [0.15, 0.2) is 0 Å². The number of nitrogens with zero attached hydrogens (tertiary/aromatic N) is 1. The summed E-state index contributed by atoms with van der Waals surface area (Å²) in [5.41, 5.74) is 7.29. The number of hydrogen-bond donors (Lipinski definition) is 1. The van der Waals surface area contributed by atoms with Crippen molar-refractivity contribution in [3.8, 4) is 0 Å². The second kappa shape index (κ2) is 3.52. The molecule has 0 amide bonds. The van der Waals surface area contributed by atoms with Gasteiger partial charge in [-0.2, -0.15) is 0 Å². The van der Waals surface area contributed by atoms with Gasteiger partial charge in [-0.3, -0.25) is 0 Å². The fourth-order valence-corrected chi connectivity index (χ4v) is 1.61. The Morgan fingerprint density at radius 3 is 3.08 bits per heavy atom. The third kappa shape index (κ3) is 1.92. The Hall–Kier alpha value is -0.800. The van der Waals surface area contributed by atoms with E-state index in [4.69, 9.17) is 10.5 Å². The summed E-state index contributed by atoms with van der Waals surface area (Å²) in [5.74, 6) is 0.721. The Morgan fingerprint density at radius 1 is 1.69 bits per heavy atom. The number of methoxy groups -OCH3 is 1. The van der Waals surface area contributed by atoms with E-state index >= 15 is 0 Å². The summed E-state index contributed by atoms with van der Waals surface area (Å²) in [5, 5.41) is 0. The van der Waals surface area contributed by atoms with Crippen LogP contribution >= 0.6 is 0 Å². The van der Waals surface area contributed by atoms with Crippen molar-refractivity contribution in [2.45, 2.75) is 25.6 Å². The van der Waals surface area contributed by atoms with E-state index in [1.165, 1.54) is 18.4 Å². The molecule has 0 spiro atoms. The molecule has 3 nitrogen and oxygen atoms in total. The normalized spacial score (nSPS) is 18.9. The highest BCUT2D eigenvalue weighted by Gasteiger charge is 2.29. The molecule has 2 rings (SSSR count). The van der Waals surface area contributed by atoms with Crippen LogP contribution in [0.15, 0.2) is 18.5 Å². The molecular weight excluding hydrogens is 164 g/mol.